The summed E-state index contributed by atoms with van der Waals surface area (Å²) >= 11 is 7.05. The van der Waals surface area contributed by atoms with E-state index in [1.807, 2.05) is 36.4 Å². The molecule has 2 N–H and O–H groups in total. The molecule has 8 heteroatoms. The van der Waals surface area contributed by atoms with Gasteiger partial charge < -0.3 is 15.2 Å². The Morgan fingerprint density at radius 2 is 2.06 bits per heavy atom. The first-order valence-electron chi connectivity index (χ1n) is 9.36. The van der Waals surface area contributed by atoms with Gasteiger partial charge in [0, 0.05) is 5.56 Å². The van der Waals surface area contributed by atoms with Crippen molar-refractivity contribution in [1.82, 2.24) is 5.32 Å². The average Bonchev–Trinajstić information content (AvgIpc) is 3.12. The highest BCUT2D eigenvalue weighted by molar-refractivity contribution is 8.18. The van der Waals surface area contributed by atoms with Crippen LogP contribution in [0.2, 0.25) is 5.02 Å². The van der Waals surface area contributed by atoms with Crippen LogP contribution < -0.4 is 10.1 Å². The Morgan fingerprint density at radius 1 is 1.25 bits per heavy atom. The largest absolute Gasteiger partial charge is 0.480 e. The van der Waals surface area contributed by atoms with Crippen molar-refractivity contribution in [2.75, 3.05) is 6.61 Å². The number of nitrogens with zero attached hydrogens (tertiary/aromatic N) is 1. The van der Waals surface area contributed by atoms with Crippen molar-refractivity contribution >= 4 is 62.9 Å². The topological polar surface area (TPSA) is 88.0 Å². The number of carbonyl (C=O) groups is 2. The number of fused-ring (bicyclic) bond motifs is 1. The summed E-state index contributed by atoms with van der Waals surface area (Å²) in [6, 6.07) is 15.9. The number of rotatable bonds is 5. The van der Waals surface area contributed by atoms with E-state index in [2.05, 4.69) is 16.2 Å². The van der Waals surface area contributed by atoms with Gasteiger partial charge in [-0.05, 0) is 52.9 Å². The molecule has 1 heterocycles. The van der Waals surface area contributed by atoms with E-state index in [0.717, 1.165) is 28.1 Å². The van der Waals surface area contributed by atoms with E-state index in [-0.39, 0.29) is 23.1 Å². The Labute approximate surface area is 192 Å². The first-order chi connectivity index (χ1) is 15.5. The van der Waals surface area contributed by atoms with Gasteiger partial charge in [-0.1, -0.05) is 47.9 Å². The molecule has 4 rings (SSSR count). The zero-order valence-corrected chi connectivity index (χ0v) is 18.0. The summed E-state index contributed by atoms with van der Waals surface area (Å²) in [4.78, 5) is 28.7. The highest BCUT2D eigenvalue weighted by atomic mass is 35.5. The molecule has 6 nitrogen and oxygen atoms in total. The maximum absolute atomic E-state index is 12.6. The second kappa shape index (κ2) is 9.18. The van der Waals surface area contributed by atoms with Crippen LogP contribution in [0.15, 0.2) is 64.5 Å². The summed E-state index contributed by atoms with van der Waals surface area (Å²) in [5, 5.41) is 14.3. The number of aliphatic imine (C=N–C) groups is 1. The fourth-order valence-corrected chi connectivity index (χ4v) is 4.17. The highest BCUT2D eigenvalue weighted by Gasteiger charge is 2.25. The minimum atomic E-state index is -1.16. The van der Waals surface area contributed by atoms with E-state index < -0.39 is 5.97 Å². The number of hydrogen-bond acceptors (Lipinski definition) is 5. The van der Waals surface area contributed by atoms with Gasteiger partial charge >= 0.3 is 5.97 Å². The third-order valence-electron chi connectivity index (χ3n) is 4.58. The third-order valence-corrected chi connectivity index (χ3v) is 5.82. The van der Waals surface area contributed by atoms with Crippen LogP contribution in [0.4, 0.5) is 5.69 Å². The lowest BCUT2D eigenvalue weighted by Gasteiger charge is -2.10. The molecular weight excluding hydrogens is 448 g/mol. The summed E-state index contributed by atoms with van der Waals surface area (Å²) < 4.78 is 5.69. The molecule has 0 saturated carbocycles. The molecule has 3 aromatic rings. The van der Waals surface area contributed by atoms with Crippen LogP contribution in [-0.4, -0.2) is 28.8 Å². The van der Waals surface area contributed by atoms with E-state index in [0.29, 0.717) is 21.5 Å². The highest BCUT2D eigenvalue weighted by Crippen LogP contribution is 2.35. The summed E-state index contributed by atoms with van der Waals surface area (Å²) in [6.45, 7) is 0.100. The lowest BCUT2D eigenvalue weighted by Crippen LogP contribution is -2.19. The third kappa shape index (κ3) is 4.47. The number of aromatic carboxylic acids is 1. The van der Waals surface area contributed by atoms with Crippen LogP contribution in [0, 0.1) is 12.3 Å². The van der Waals surface area contributed by atoms with Crippen molar-refractivity contribution in [3.8, 4) is 18.1 Å². The van der Waals surface area contributed by atoms with Crippen molar-refractivity contribution in [3.05, 3.63) is 75.7 Å². The van der Waals surface area contributed by atoms with E-state index in [9.17, 15) is 14.7 Å². The molecule has 1 saturated heterocycles. The number of carbonyl (C=O) groups excluding carboxylic acids is 1. The van der Waals surface area contributed by atoms with Gasteiger partial charge in [-0.15, -0.1) is 6.42 Å². The number of nitrogens with one attached hydrogen (secondary N) is 1. The van der Waals surface area contributed by atoms with Gasteiger partial charge in [0.25, 0.3) is 5.91 Å². The van der Waals surface area contributed by atoms with Gasteiger partial charge in [0.1, 0.15) is 12.4 Å². The lowest BCUT2D eigenvalue weighted by molar-refractivity contribution is -0.115. The molecule has 0 spiro atoms. The number of carboxylic acids is 1. The van der Waals surface area contributed by atoms with Gasteiger partial charge in [0.05, 0.1) is 21.2 Å². The molecular formula is C24H15ClN2O4S. The number of thioether (sulfide) groups is 1. The number of amidine groups is 1. The number of carboxylic acid groups (broad SMARTS) is 1. The Bertz CT molecular complexity index is 1360. The predicted octanol–water partition coefficient (Wildman–Crippen LogP) is 5.10. The van der Waals surface area contributed by atoms with Gasteiger partial charge in [-0.2, -0.15) is 0 Å². The quantitative estimate of drug-likeness (QED) is 0.407. The number of hydrogen-bond donors (Lipinski definition) is 2. The van der Waals surface area contributed by atoms with E-state index in [4.69, 9.17) is 22.8 Å². The normalized spacial score (nSPS) is 15.7. The fourth-order valence-electron chi connectivity index (χ4n) is 3.15. The zero-order chi connectivity index (χ0) is 22.7. The Balaban J connectivity index is 1.71. The minimum Gasteiger partial charge on any atom is -0.480 e. The predicted molar refractivity (Wildman–Crippen MR) is 127 cm³/mol. The van der Waals surface area contributed by atoms with Crippen molar-refractivity contribution < 1.29 is 19.4 Å². The fraction of sp³-hybridized carbons (Fsp3) is 0.0417. The molecule has 32 heavy (non-hydrogen) atoms. The standard InChI is InChI=1S/C24H15ClN2O4S/c1-2-11-31-20-10-7-14-5-3-4-6-16(14)17(20)13-21-22(28)27-24(32-21)26-15-8-9-19(25)18(12-15)23(29)30/h1,3-10,12-13H,11H2,(H,29,30)(H,26,27,28)/b21-13-. The Morgan fingerprint density at radius 3 is 2.84 bits per heavy atom. The molecule has 0 atom stereocenters. The molecule has 0 radical (unpaired) electrons. The molecule has 1 fully saturated rings. The van der Waals surface area contributed by atoms with Gasteiger partial charge in [0.15, 0.2) is 5.17 Å². The van der Waals surface area contributed by atoms with Crippen molar-refractivity contribution in [1.29, 1.82) is 0 Å². The number of ether oxygens (including phenoxy) is 1. The molecule has 1 aliphatic rings. The summed E-state index contributed by atoms with van der Waals surface area (Å²) in [6.07, 6.45) is 7.07. The smallest absolute Gasteiger partial charge is 0.337 e. The SMILES string of the molecule is C#CCOc1ccc2ccccc2c1/C=C1\SC(=Nc2ccc(Cl)c(C(=O)O)c2)NC1=O. The van der Waals surface area contributed by atoms with Crippen LogP contribution in [0.1, 0.15) is 15.9 Å². The molecule has 0 unspecified atom stereocenters. The summed E-state index contributed by atoms with van der Waals surface area (Å²) in [7, 11) is 0. The van der Waals surface area contributed by atoms with Crippen LogP contribution in [0.25, 0.3) is 16.8 Å². The van der Waals surface area contributed by atoms with Crippen molar-refractivity contribution in [3.63, 3.8) is 0 Å². The van der Waals surface area contributed by atoms with Crippen LogP contribution in [-0.2, 0) is 4.79 Å². The van der Waals surface area contributed by atoms with E-state index in [1.54, 1.807) is 12.1 Å². The Hall–Kier alpha value is -3.73. The number of benzene rings is 3. The molecule has 3 aromatic carbocycles. The second-order valence-electron chi connectivity index (χ2n) is 6.64. The molecule has 0 aromatic heterocycles. The lowest BCUT2D eigenvalue weighted by atomic mass is 10.0. The minimum absolute atomic E-state index is 0.0651. The van der Waals surface area contributed by atoms with Gasteiger partial charge in [0.2, 0.25) is 0 Å². The molecule has 1 aliphatic heterocycles. The average molecular weight is 463 g/mol. The first-order valence-corrected chi connectivity index (χ1v) is 10.6. The van der Waals surface area contributed by atoms with Crippen LogP contribution >= 0.6 is 23.4 Å². The van der Waals surface area contributed by atoms with Crippen LogP contribution in [0.3, 0.4) is 0 Å². The Kier molecular flexibility index (Phi) is 6.17. The molecule has 0 bridgehead atoms. The number of terminal acetylenes is 1. The van der Waals surface area contributed by atoms with Gasteiger partial charge in [-0.25, -0.2) is 9.79 Å². The van der Waals surface area contributed by atoms with Crippen LogP contribution in [0.5, 0.6) is 5.75 Å². The van der Waals surface area contributed by atoms with E-state index in [1.165, 1.54) is 12.1 Å². The first kappa shape index (κ1) is 21.5. The van der Waals surface area contributed by atoms with E-state index >= 15 is 0 Å². The van der Waals surface area contributed by atoms with Gasteiger partial charge in [-0.3, -0.25) is 4.79 Å². The molecule has 158 valence electrons. The van der Waals surface area contributed by atoms with Crippen molar-refractivity contribution in [2.24, 2.45) is 4.99 Å². The molecule has 0 aliphatic carbocycles. The second-order valence-corrected chi connectivity index (χ2v) is 8.08. The zero-order valence-electron chi connectivity index (χ0n) is 16.5. The monoisotopic (exact) mass is 462 g/mol. The number of halogens is 1. The maximum atomic E-state index is 12.6. The summed E-state index contributed by atoms with van der Waals surface area (Å²) in [5.41, 5.74) is 1.03. The maximum Gasteiger partial charge on any atom is 0.337 e. The molecule has 1 amide bonds. The van der Waals surface area contributed by atoms with Crippen molar-refractivity contribution in [2.45, 2.75) is 0 Å². The summed E-state index contributed by atoms with van der Waals surface area (Å²) in [5.74, 6) is 1.53. The number of amides is 1.